The van der Waals surface area contributed by atoms with Gasteiger partial charge in [-0.3, -0.25) is 24.2 Å². The van der Waals surface area contributed by atoms with Crippen LogP contribution in [0.25, 0.3) is 0 Å². The zero-order valence-electron chi connectivity index (χ0n) is 34.1. The first-order valence-electron chi connectivity index (χ1n) is 19.3. The van der Waals surface area contributed by atoms with Gasteiger partial charge in [-0.1, -0.05) is 6.07 Å². The lowest BCUT2D eigenvalue weighted by atomic mass is 9.51. The molecule has 5 aliphatic rings. The van der Waals surface area contributed by atoms with Crippen molar-refractivity contribution >= 4 is 34.8 Å². The van der Waals surface area contributed by atoms with Gasteiger partial charge in [0.1, 0.15) is 59.8 Å². The molecule has 13 unspecified atom stereocenters. The Balaban J connectivity index is 1.32. The molecule has 0 spiro atoms. The third-order valence-corrected chi connectivity index (χ3v) is 12.8. The van der Waals surface area contributed by atoms with Gasteiger partial charge in [-0.2, -0.15) is 0 Å². The van der Waals surface area contributed by atoms with E-state index in [2.05, 4.69) is 4.99 Å². The number of rotatable bonds is 8. The molecule has 7 N–H and O–H groups in total. The fourth-order valence-corrected chi connectivity index (χ4v) is 9.64. The quantitative estimate of drug-likeness (QED) is 0.160. The van der Waals surface area contributed by atoms with Gasteiger partial charge in [-0.15, -0.1) is 0 Å². The van der Waals surface area contributed by atoms with E-state index in [0.29, 0.717) is 0 Å². The Morgan fingerprint density at radius 1 is 0.869 bits per heavy atom. The number of hydrogen-bond donors (Lipinski definition) is 7. The summed E-state index contributed by atoms with van der Waals surface area (Å²) in [6, 6.07) is 2.39. The number of ether oxygens (including phenoxy) is 7. The highest BCUT2D eigenvalue weighted by Crippen LogP contribution is 2.61. The third kappa shape index (κ3) is 6.22. The van der Waals surface area contributed by atoms with Gasteiger partial charge in [0, 0.05) is 44.4 Å². The second-order valence-corrected chi connectivity index (χ2v) is 15.9. The van der Waals surface area contributed by atoms with Gasteiger partial charge in [0.15, 0.2) is 29.7 Å². The van der Waals surface area contributed by atoms with Gasteiger partial charge in [0.2, 0.25) is 11.6 Å². The summed E-state index contributed by atoms with van der Waals surface area (Å²) >= 11 is 0. The predicted octanol–water partition coefficient (Wildman–Crippen LogP) is -0.793. The first-order valence-corrected chi connectivity index (χ1v) is 19.3. The van der Waals surface area contributed by atoms with E-state index in [4.69, 9.17) is 33.2 Å². The molecule has 2 heterocycles. The fourth-order valence-electron chi connectivity index (χ4n) is 9.64. The van der Waals surface area contributed by atoms with E-state index in [1.807, 2.05) is 0 Å². The van der Waals surface area contributed by atoms with Crippen LogP contribution in [0.4, 0.5) is 0 Å². The van der Waals surface area contributed by atoms with Crippen LogP contribution in [0.5, 0.6) is 11.5 Å². The molecule has 2 aromatic carbocycles. The number of aliphatic imine (C=N–C) groups is 1. The molecule has 2 aromatic rings. The summed E-state index contributed by atoms with van der Waals surface area (Å²) in [5.74, 6) is -6.69. The molecule has 7 rings (SSSR count). The Morgan fingerprint density at radius 2 is 1.54 bits per heavy atom. The monoisotopic (exact) mass is 857 g/mol. The molecule has 13 atom stereocenters. The third-order valence-electron chi connectivity index (χ3n) is 12.8. The Morgan fingerprint density at radius 3 is 2.15 bits per heavy atom. The summed E-state index contributed by atoms with van der Waals surface area (Å²) in [6.07, 6.45) is -16.7. The van der Waals surface area contributed by atoms with Crippen LogP contribution >= 0.6 is 0 Å². The number of Topliss-reactive ketones (excluding diaryl/α,β-unsaturated/α-hetero) is 4. The summed E-state index contributed by atoms with van der Waals surface area (Å²) in [5.41, 5.74) is -7.82. The molecule has 20 heteroatoms. The highest BCUT2D eigenvalue weighted by atomic mass is 16.7. The first kappa shape index (κ1) is 44.5. The van der Waals surface area contributed by atoms with Crippen molar-refractivity contribution in [3.63, 3.8) is 0 Å². The van der Waals surface area contributed by atoms with Crippen LogP contribution in [0.1, 0.15) is 88.7 Å². The molecule has 2 saturated heterocycles. The smallest absolute Gasteiger partial charge is 0.341 e. The number of nitrogens with zero attached hydrogens (tertiary/aromatic N) is 1. The minimum Gasteiger partial charge on any atom is -0.507 e. The highest BCUT2D eigenvalue weighted by molar-refractivity contribution is 6.53. The van der Waals surface area contributed by atoms with Crippen molar-refractivity contribution in [3.8, 4) is 11.5 Å². The molecule has 2 aliphatic heterocycles. The van der Waals surface area contributed by atoms with E-state index in [0.717, 1.165) is 20.3 Å². The molecule has 330 valence electrons. The first-order chi connectivity index (χ1) is 28.8. The number of carbonyl (C=O) groups is 5. The van der Waals surface area contributed by atoms with E-state index >= 15 is 4.79 Å². The molecular formula is C41H47NO19. The number of phenols is 2. The molecule has 0 bridgehead atoms. The maximum Gasteiger partial charge on any atom is 0.341 e. The minimum atomic E-state index is -2.55. The van der Waals surface area contributed by atoms with Gasteiger partial charge in [0.25, 0.3) is 0 Å². The molecule has 2 fully saturated rings. The van der Waals surface area contributed by atoms with Crippen LogP contribution < -0.4 is 0 Å². The maximum atomic E-state index is 15.1. The van der Waals surface area contributed by atoms with Crippen molar-refractivity contribution < 1.29 is 92.9 Å². The van der Waals surface area contributed by atoms with E-state index in [1.165, 1.54) is 34.1 Å². The number of aryl methyl sites for hydroxylation is 1. The average Bonchev–Trinajstić information content (AvgIpc) is 3.22. The molecule has 0 saturated carbocycles. The van der Waals surface area contributed by atoms with Gasteiger partial charge in [0.05, 0.1) is 54.6 Å². The van der Waals surface area contributed by atoms with Crippen LogP contribution in [-0.2, 0) is 45.2 Å². The molecule has 0 aromatic heterocycles. The Labute approximate surface area is 347 Å². The van der Waals surface area contributed by atoms with Crippen LogP contribution in [0, 0.1) is 12.3 Å². The van der Waals surface area contributed by atoms with Gasteiger partial charge in [-0.05, 0) is 38.0 Å². The number of hydrogen-bond acceptors (Lipinski definition) is 20. The highest BCUT2D eigenvalue weighted by Gasteiger charge is 2.70. The molecule has 0 amide bonds. The Kier molecular flexibility index (Phi) is 11.6. The molecule has 3 aliphatic carbocycles. The van der Waals surface area contributed by atoms with E-state index in [9.17, 15) is 54.9 Å². The Bertz CT molecular complexity index is 2240. The topological polar surface area (TPSA) is 304 Å². The lowest BCUT2D eigenvalue weighted by Crippen LogP contribution is -2.66. The summed E-state index contributed by atoms with van der Waals surface area (Å²) < 4.78 is 39.8. The number of aliphatic hydroxyl groups excluding tert-OH is 5. The zero-order valence-corrected chi connectivity index (χ0v) is 34.1. The summed E-state index contributed by atoms with van der Waals surface area (Å²) in [7, 11) is 4.72. The van der Waals surface area contributed by atoms with Gasteiger partial charge >= 0.3 is 5.97 Å². The number of carbonyl (C=O) groups excluding carboxylic acids is 5. The number of benzene rings is 2. The van der Waals surface area contributed by atoms with Crippen molar-refractivity contribution in [2.45, 2.75) is 107 Å². The van der Waals surface area contributed by atoms with Crippen molar-refractivity contribution in [2.75, 3.05) is 35.0 Å². The number of aromatic hydroxyl groups is 2. The van der Waals surface area contributed by atoms with Crippen molar-refractivity contribution in [1.29, 1.82) is 0 Å². The van der Waals surface area contributed by atoms with Crippen LogP contribution in [0.2, 0.25) is 0 Å². The van der Waals surface area contributed by atoms with Crippen LogP contribution in [0.15, 0.2) is 17.1 Å². The normalized spacial score (nSPS) is 36.6. The summed E-state index contributed by atoms with van der Waals surface area (Å²) in [5, 5.41) is 76.2. The largest absolute Gasteiger partial charge is 0.507 e. The van der Waals surface area contributed by atoms with E-state index in [-0.39, 0.29) is 28.7 Å². The molecular weight excluding hydrogens is 810 g/mol. The fraction of sp³-hybridized carbons (Fsp3) is 0.561. The summed E-state index contributed by atoms with van der Waals surface area (Å²) in [6.45, 7) is 3.54. The molecule has 0 radical (unpaired) electrons. The lowest BCUT2D eigenvalue weighted by Gasteiger charge is -2.54. The van der Waals surface area contributed by atoms with Crippen LogP contribution in [0.3, 0.4) is 0 Å². The number of ketones is 4. The SMILES string of the molecule is COC(=O)c1c(C)cc2c(c1O)C1(OC)C(=O)c3cc4c(c(O)c3C(=O)C1(C)C(O)C2)C(=O)CC(=NC1OC(C)C(OC)C(OC2OC(CO)C(O)C(O)C2O)C1OC)C4=O. The zero-order chi connectivity index (χ0) is 44.8. The van der Waals surface area contributed by atoms with E-state index in [1.54, 1.807) is 6.92 Å². The number of aliphatic hydroxyl groups is 5. The lowest BCUT2D eigenvalue weighted by molar-refractivity contribution is -0.342. The van der Waals surface area contributed by atoms with E-state index < -0.39 is 160 Å². The standard InChI is InChI=1S/C41H47NO19/c1-13-8-15-9-21(45)40(3)36(53)24-17(35(52)41(40,58-7)25(15)29(49)22(13)38(54)57-6)10-16-23(28(24)48)19(44)11-18(26(16)46)42-37-34(56-5)33(32(55-4)14(2)59-37)61-39-31(51)30(50)27(47)20(12-43)60-39/h8,10,14,20-21,27,30-34,37,39,43,45,47-51H,9,11-12H2,1-7H3. The molecule has 61 heavy (non-hydrogen) atoms. The minimum absolute atomic E-state index is 0.167. The average molecular weight is 858 g/mol. The predicted molar refractivity (Wildman–Crippen MR) is 203 cm³/mol. The second kappa shape index (κ2) is 16.0. The van der Waals surface area contributed by atoms with Crippen molar-refractivity contribution in [1.82, 2.24) is 0 Å². The van der Waals surface area contributed by atoms with Crippen LogP contribution in [-0.4, -0.2) is 173 Å². The maximum absolute atomic E-state index is 15.1. The van der Waals surface area contributed by atoms with Crippen molar-refractivity contribution in [3.05, 3.63) is 56.6 Å². The number of esters is 1. The number of methoxy groups -OCH3 is 4. The van der Waals surface area contributed by atoms with Gasteiger partial charge in [-0.25, -0.2) is 4.79 Å². The second-order valence-electron chi connectivity index (χ2n) is 15.9. The molecule has 20 nitrogen and oxygen atoms in total. The number of phenolic OH excluding ortho intramolecular Hbond substituents is 2. The summed E-state index contributed by atoms with van der Waals surface area (Å²) in [4.78, 5) is 75.4. The van der Waals surface area contributed by atoms with Crippen molar-refractivity contribution in [2.24, 2.45) is 10.4 Å². The number of fused-ring (bicyclic) bond motifs is 5. The Hall–Kier alpha value is -4.58. The van der Waals surface area contributed by atoms with Gasteiger partial charge < -0.3 is 68.9 Å².